The first-order chi connectivity index (χ1) is 10.2. The SMILES string of the molecule is C[N+]1=Cc2ccccc2OC12Oc1ccccc1C=[N+]2C. The van der Waals surface area contributed by atoms with Gasteiger partial charge >= 0.3 is 6.03 Å². The average molecular weight is 280 g/mol. The molecule has 104 valence electrons. The molecule has 0 N–H and O–H groups in total. The number of para-hydroxylation sites is 2. The predicted octanol–water partition coefficient (Wildman–Crippen LogP) is 1.91. The number of hydrogen-bond donors (Lipinski definition) is 0. The predicted molar refractivity (Wildman–Crippen MR) is 79.6 cm³/mol. The Morgan fingerprint density at radius 2 is 1.14 bits per heavy atom. The fourth-order valence-corrected chi connectivity index (χ4v) is 2.78. The largest absolute Gasteiger partial charge is 0.703 e. The van der Waals surface area contributed by atoms with Crippen molar-refractivity contribution in [2.75, 3.05) is 14.1 Å². The molecular formula is C17H16N2O2+2. The molecule has 21 heavy (non-hydrogen) atoms. The lowest BCUT2D eigenvalue weighted by molar-refractivity contribution is -0.892. The zero-order valence-corrected chi connectivity index (χ0v) is 12.0. The molecule has 0 amide bonds. The second-order valence-corrected chi connectivity index (χ2v) is 5.31. The molecule has 0 saturated carbocycles. The molecule has 0 bridgehead atoms. The van der Waals surface area contributed by atoms with Gasteiger partial charge in [-0.1, -0.05) is 33.4 Å². The van der Waals surface area contributed by atoms with Gasteiger partial charge in [0.1, 0.15) is 14.1 Å². The van der Waals surface area contributed by atoms with E-state index in [-0.39, 0.29) is 0 Å². The number of nitrogens with zero attached hydrogens (tertiary/aromatic N) is 2. The maximum absolute atomic E-state index is 6.21. The third kappa shape index (κ3) is 1.69. The van der Waals surface area contributed by atoms with Crippen LogP contribution in [-0.4, -0.2) is 41.7 Å². The van der Waals surface area contributed by atoms with E-state index in [9.17, 15) is 0 Å². The highest BCUT2D eigenvalue weighted by atomic mass is 16.7. The van der Waals surface area contributed by atoms with Crippen LogP contribution < -0.4 is 9.47 Å². The van der Waals surface area contributed by atoms with Crippen molar-refractivity contribution in [2.24, 2.45) is 0 Å². The van der Waals surface area contributed by atoms with E-state index in [2.05, 4.69) is 0 Å². The van der Waals surface area contributed by atoms with E-state index in [0.717, 1.165) is 22.6 Å². The number of hydrogen-bond acceptors (Lipinski definition) is 2. The molecular weight excluding hydrogens is 264 g/mol. The zero-order chi connectivity index (χ0) is 14.4. The molecule has 2 aromatic rings. The second-order valence-electron chi connectivity index (χ2n) is 5.31. The topological polar surface area (TPSA) is 24.5 Å². The van der Waals surface area contributed by atoms with E-state index >= 15 is 0 Å². The van der Waals surface area contributed by atoms with Crippen LogP contribution in [0.4, 0.5) is 0 Å². The molecule has 2 aromatic carbocycles. The molecule has 0 unspecified atom stereocenters. The van der Waals surface area contributed by atoms with Gasteiger partial charge in [0.25, 0.3) is 0 Å². The molecule has 4 nitrogen and oxygen atoms in total. The minimum Gasteiger partial charge on any atom is -0.341 e. The number of benzene rings is 2. The van der Waals surface area contributed by atoms with Crippen molar-refractivity contribution in [1.82, 2.24) is 0 Å². The highest BCUT2D eigenvalue weighted by molar-refractivity contribution is 5.82. The van der Waals surface area contributed by atoms with Crippen LogP contribution in [0.5, 0.6) is 11.5 Å². The van der Waals surface area contributed by atoms with Crippen molar-refractivity contribution < 1.29 is 18.6 Å². The molecule has 4 rings (SSSR count). The minimum absolute atomic E-state index is 0.815. The Labute approximate surface area is 123 Å². The summed E-state index contributed by atoms with van der Waals surface area (Å²) in [6, 6.07) is 14.9. The first kappa shape index (κ1) is 12.1. The molecule has 4 heteroatoms. The fraction of sp³-hybridized carbons (Fsp3) is 0.176. The Bertz CT molecular complexity index is 725. The standard InChI is InChI=1S/C17H16N2O2/c1-18-11-13-7-3-5-9-15(13)20-17(18)19(2)12-14-8-4-6-10-16(14)21-17/h3-12H,1-2H3/q+2. The maximum Gasteiger partial charge on any atom is 0.703 e. The van der Waals surface area contributed by atoms with Gasteiger partial charge in [0.15, 0.2) is 23.9 Å². The van der Waals surface area contributed by atoms with Crippen molar-refractivity contribution in [2.45, 2.75) is 6.03 Å². The lowest BCUT2D eigenvalue weighted by atomic mass is 10.2. The Morgan fingerprint density at radius 1 is 0.714 bits per heavy atom. The van der Waals surface area contributed by atoms with Crippen molar-refractivity contribution >= 4 is 12.4 Å². The monoisotopic (exact) mass is 280 g/mol. The van der Waals surface area contributed by atoms with Gasteiger partial charge in [-0.25, -0.2) is 0 Å². The summed E-state index contributed by atoms with van der Waals surface area (Å²) in [7, 11) is 3.91. The Kier molecular flexibility index (Phi) is 2.42. The van der Waals surface area contributed by atoms with Crippen LogP contribution in [0.3, 0.4) is 0 Å². The van der Waals surface area contributed by atoms with E-state index in [4.69, 9.17) is 9.47 Å². The molecule has 2 aliphatic rings. The third-order valence-electron chi connectivity index (χ3n) is 3.88. The van der Waals surface area contributed by atoms with Gasteiger partial charge in [-0.15, -0.1) is 0 Å². The Balaban J connectivity index is 1.88. The van der Waals surface area contributed by atoms with Crippen molar-refractivity contribution in [3.8, 4) is 11.5 Å². The zero-order valence-electron chi connectivity index (χ0n) is 12.0. The van der Waals surface area contributed by atoms with Crippen LogP contribution in [-0.2, 0) is 0 Å². The highest BCUT2D eigenvalue weighted by Crippen LogP contribution is 2.32. The van der Waals surface area contributed by atoms with E-state index < -0.39 is 6.03 Å². The van der Waals surface area contributed by atoms with Crippen LogP contribution >= 0.6 is 0 Å². The van der Waals surface area contributed by atoms with E-state index in [1.807, 2.05) is 84.2 Å². The average Bonchev–Trinajstić information content (AvgIpc) is 2.49. The summed E-state index contributed by atoms with van der Waals surface area (Å²) in [5.41, 5.74) is 2.09. The molecule has 2 heterocycles. The van der Waals surface area contributed by atoms with Crippen LogP contribution in [0.2, 0.25) is 0 Å². The van der Waals surface area contributed by atoms with Gasteiger partial charge in [-0.3, -0.25) is 0 Å². The van der Waals surface area contributed by atoms with Crippen molar-refractivity contribution in [3.05, 3.63) is 59.7 Å². The normalized spacial score (nSPS) is 17.8. The van der Waals surface area contributed by atoms with Gasteiger partial charge in [-0.2, -0.15) is 0 Å². The molecule has 0 fully saturated rings. The minimum atomic E-state index is -0.983. The summed E-state index contributed by atoms with van der Waals surface area (Å²) in [5, 5.41) is 0. The summed E-state index contributed by atoms with van der Waals surface area (Å²) in [6.07, 6.45) is 4.08. The maximum atomic E-state index is 6.21. The van der Waals surface area contributed by atoms with E-state index in [0.29, 0.717) is 0 Å². The van der Waals surface area contributed by atoms with Gasteiger partial charge in [-0.05, 0) is 24.3 Å². The highest BCUT2D eigenvalue weighted by Gasteiger charge is 2.61. The van der Waals surface area contributed by atoms with Crippen LogP contribution in [0.25, 0.3) is 0 Å². The third-order valence-corrected chi connectivity index (χ3v) is 3.88. The molecule has 0 atom stereocenters. The quantitative estimate of drug-likeness (QED) is 0.689. The molecule has 0 radical (unpaired) electrons. The lowest BCUT2D eigenvalue weighted by Crippen LogP contribution is -2.62. The molecule has 1 spiro atoms. The van der Waals surface area contributed by atoms with E-state index in [1.165, 1.54) is 0 Å². The van der Waals surface area contributed by atoms with Gasteiger partial charge in [0.2, 0.25) is 0 Å². The molecule has 2 aliphatic heterocycles. The number of fused-ring (bicyclic) bond motifs is 2. The van der Waals surface area contributed by atoms with E-state index in [1.54, 1.807) is 0 Å². The number of ether oxygens (including phenoxy) is 2. The molecule has 0 aliphatic carbocycles. The van der Waals surface area contributed by atoms with Crippen LogP contribution in [0.15, 0.2) is 48.5 Å². The van der Waals surface area contributed by atoms with Crippen LogP contribution in [0, 0.1) is 0 Å². The van der Waals surface area contributed by atoms with Crippen LogP contribution in [0.1, 0.15) is 11.1 Å². The van der Waals surface area contributed by atoms with Crippen molar-refractivity contribution in [1.29, 1.82) is 0 Å². The summed E-state index contributed by atoms with van der Waals surface area (Å²) in [5.74, 6) is 1.63. The fourth-order valence-electron chi connectivity index (χ4n) is 2.78. The first-order valence-corrected chi connectivity index (χ1v) is 6.91. The van der Waals surface area contributed by atoms with Crippen molar-refractivity contribution in [3.63, 3.8) is 0 Å². The Hall–Kier alpha value is -2.62. The van der Waals surface area contributed by atoms with Gasteiger partial charge in [0, 0.05) is 0 Å². The second kappa shape index (κ2) is 4.19. The van der Waals surface area contributed by atoms with Gasteiger partial charge in [0.05, 0.1) is 11.1 Å². The smallest absolute Gasteiger partial charge is 0.341 e. The molecule has 0 saturated heterocycles. The summed E-state index contributed by atoms with van der Waals surface area (Å²) < 4.78 is 16.3. The summed E-state index contributed by atoms with van der Waals surface area (Å²) >= 11 is 0. The Morgan fingerprint density at radius 3 is 1.62 bits per heavy atom. The summed E-state index contributed by atoms with van der Waals surface area (Å²) in [4.78, 5) is 0. The summed E-state index contributed by atoms with van der Waals surface area (Å²) in [6.45, 7) is 0. The molecule has 0 aromatic heterocycles. The first-order valence-electron chi connectivity index (χ1n) is 6.91. The van der Waals surface area contributed by atoms with Gasteiger partial charge < -0.3 is 9.47 Å². The number of rotatable bonds is 0. The lowest BCUT2D eigenvalue weighted by Gasteiger charge is -2.29.